The first-order chi connectivity index (χ1) is 11.5. The summed E-state index contributed by atoms with van der Waals surface area (Å²) in [6.45, 7) is 2.96. The third-order valence-corrected chi connectivity index (χ3v) is 4.66. The van der Waals surface area contributed by atoms with Gasteiger partial charge in [0.15, 0.2) is 0 Å². The van der Waals surface area contributed by atoms with Gasteiger partial charge in [-0.2, -0.15) is 13.2 Å². The van der Waals surface area contributed by atoms with Crippen LogP contribution in [0.15, 0.2) is 47.4 Å². The van der Waals surface area contributed by atoms with Crippen LogP contribution >= 0.6 is 0 Å². The Morgan fingerprint density at radius 1 is 1.04 bits per heavy atom. The van der Waals surface area contributed by atoms with E-state index in [0.717, 1.165) is 24.3 Å². The Hall–Kier alpha value is -2.55. The van der Waals surface area contributed by atoms with Crippen molar-refractivity contribution in [3.63, 3.8) is 0 Å². The number of sulfonamides is 1. The number of carbonyl (C=O) groups excluding carboxylic acids is 1. The maximum Gasteiger partial charge on any atom is 0.416 e. The average molecular weight is 372 g/mol. The van der Waals surface area contributed by atoms with Crippen molar-refractivity contribution in [2.24, 2.45) is 0 Å². The van der Waals surface area contributed by atoms with Gasteiger partial charge in [0, 0.05) is 18.3 Å². The highest BCUT2D eigenvalue weighted by Crippen LogP contribution is 2.30. The number of amides is 1. The van der Waals surface area contributed by atoms with Gasteiger partial charge in [-0.05, 0) is 55.0 Å². The summed E-state index contributed by atoms with van der Waals surface area (Å²) < 4.78 is 64.5. The van der Waals surface area contributed by atoms with Crippen molar-refractivity contribution in [2.75, 3.05) is 10.0 Å². The molecule has 2 N–H and O–H groups in total. The van der Waals surface area contributed by atoms with Crippen molar-refractivity contribution in [3.8, 4) is 0 Å². The molecule has 0 atom stereocenters. The van der Waals surface area contributed by atoms with Crippen LogP contribution in [0.25, 0.3) is 0 Å². The molecule has 5 nitrogen and oxygen atoms in total. The van der Waals surface area contributed by atoms with Crippen molar-refractivity contribution in [2.45, 2.75) is 24.9 Å². The summed E-state index contributed by atoms with van der Waals surface area (Å²) in [5, 5.41) is 2.56. The minimum absolute atomic E-state index is 0.0107. The number of alkyl halides is 3. The first kappa shape index (κ1) is 18.8. The van der Waals surface area contributed by atoms with Gasteiger partial charge >= 0.3 is 6.18 Å². The van der Waals surface area contributed by atoms with E-state index in [1.807, 2.05) is 0 Å². The van der Waals surface area contributed by atoms with Crippen molar-refractivity contribution < 1.29 is 26.4 Å². The molecule has 0 bridgehead atoms. The number of halogens is 3. The van der Waals surface area contributed by atoms with Gasteiger partial charge in [0.1, 0.15) is 0 Å². The van der Waals surface area contributed by atoms with Crippen LogP contribution in [0.5, 0.6) is 0 Å². The SMILES string of the molecule is CC(=O)Nc1ccc(S(=O)(=O)Nc2ccc(C(F)(F)F)cc2)cc1C. The summed E-state index contributed by atoms with van der Waals surface area (Å²) in [5.74, 6) is -0.290. The summed E-state index contributed by atoms with van der Waals surface area (Å²) in [6.07, 6.45) is -4.49. The van der Waals surface area contributed by atoms with E-state index in [2.05, 4.69) is 10.0 Å². The van der Waals surface area contributed by atoms with E-state index in [1.54, 1.807) is 6.92 Å². The Labute approximate surface area is 142 Å². The standard InChI is InChI=1S/C16H15F3N2O3S/c1-10-9-14(7-8-15(10)20-11(2)22)25(23,24)21-13-5-3-12(4-6-13)16(17,18)19/h3-9,21H,1-2H3,(H,20,22). The second-order valence-electron chi connectivity index (χ2n) is 5.34. The molecule has 2 rings (SSSR count). The first-order valence-corrected chi connectivity index (χ1v) is 8.56. The summed E-state index contributed by atoms with van der Waals surface area (Å²) in [7, 11) is -3.97. The number of hydrogen-bond donors (Lipinski definition) is 2. The molecule has 0 aliphatic heterocycles. The minimum Gasteiger partial charge on any atom is -0.326 e. The van der Waals surface area contributed by atoms with E-state index in [1.165, 1.54) is 25.1 Å². The smallest absolute Gasteiger partial charge is 0.326 e. The molecule has 134 valence electrons. The van der Waals surface area contributed by atoms with E-state index in [4.69, 9.17) is 0 Å². The molecule has 0 aliphatic rings. The Bertz CT molecular complexity index is 892. The van der Waals surface area contributed by atoms with Crippen LogP contribution in [0.4, 0.5) is 24.5 Å². The number of hydrogen-bond acceptors (Lipinski definition) is 3. The zero-order valence-electron chi connectivity index (χ0n) is 13.3. The lowest BCUT2D eigenvalue weighted by molar-refractivity contribution is -0.137. The van der Waals surface area contributed by atoms with Gasteiger partial charge < -0.3 is 5.32 Å². The molecule has 2 aromatic carbocycles. The summed E-state index contributed by atoms with van der Waals surface area (Å²) in [4.78, 5) is 11.0. The maximum atomic E-state index is 12.5. The monoisotopic (exact) mass is 372 g/mol. The van der Waals surface area contributed by atoms with Gasteiger partial charge in [-0.3, -0.25) is 9.52 Å². The van der Waals surface area contributed by atoms with Crippen LogP contribution in [0.1, 0.15) is 18.1 Å². The van der Waals surface area contributed by atoms with Crippen LogP contribution in [0.3, 0.4) is 0 Å². The predicted molar refractivity (Wildman–Crippen MR) is 87.7 cm³/mol. The van der Waals surface area contributed by atoms with Crippen molar-refractivity contribution in [1.82, 2.24) is 0 Å². The molecule has 0 spiro atoms. The molecular formula is C16H15F3N2O3S. The number of nitrogens with one attached hydrogen (secondary N) is 2. The molecule has 0 saturated carbocycles. The fraction of sp³-hybridized carbons (Fsp3) is 0.188. The lowest BCUT2D eigenvalue weighted by Crippen LogP contribution is -2.14. The second kappa shape index (κ2) is 6.75. The molecule has 25 heavy (non-hydrogen) atoms. The lowest BCUT2D eigenvalue weighted by atomic mass is 10.2. The highest BCUT2D eigenvalue weighted by molar-refractivity contribution is 7.92. The minimum atomic E-state index is -4.49. The van der Waals surface area contributed by atoms with Gasteiger partial charge in [0.25, 0.3) is 10.0 Å². The van der Waals surface area contributed by atoms with Gasteiger partial charge in [0.2, 0.25) is 5.91 Å². The molecule has 0 aromatic heterocycles. The number of benzene rings is 2. The van der Waals surface area contributed by atoms with Crippen LogP contribution in [-0.2, 0) is 21.0 Å². The Morgan fingerprint density at radius 2 is 1.64 bits per heavy atom. The molecular weight excluding hydrogens is 357 g/mol. The topological polar surface area (TPSA) is 75.3 Å². The molecule has 2 aromatic rings. The molecule has 0 radical (unpaired) electrons. The average Bonchev–Trinajstić information content (AvgIpc) is 2.48. The fourth-order valence-corrected chi connectivity index (χ4v) is 3.22. The van der Waals surface area contributed by atoms with Gasteiger partial charge in [-0.1, -0.05) is 0 Å². The summed E-state index contributed by atoms with van der Waals surface area (Å²) in [6, 6.07) is 7.77. The highest BCUT2D eigenvalue weighted by atomic mass is 32.2. The van der Waals surface area contributed by atoms with E-state index >= 15 is 0 Å². The maximum absolute atomic E-state index is 12.5. The van der Waals surface area contributed by atoms with Crippen LogP contribution in [0, 0.1) is 6.92 Å². The van der Waals surface area contributed by atoms with E-state index in [9.17, 15) is 26.4 Å². The Balaban J connectivity index is 2.24. The normalized spacial score (nSPS) is 11.9. The van der Waals surface area contributed by atoms with Gasteiger partial charge in [-0.25, -0.2) is 8.42 Å². The molecule has 0 heterocycles. The quantitative estimate of drug-likeness (QED) is 0.858. The molecule has 0 saturated heterocycles. The van der Waals surface area contributed by atoms with Gasteiger partial charge in [0.05, 0.1) is 10.5 Å². The largest absolute Gasteiger partial charge is 0.416 e. The van der Waals surface area contributed by atoms with E-state index in [0.29, 0.717) is 11.3 Å². The lowest BCUT2D eigenvalue weighted by Gasteiger charge is -2.12. The third-order valence-electron chi connectivity index (χ3n) is 3.28. The number of rotatable bonds is 4. The number of aryl methyl sites for hydroxylation is 1. The first-order valence-electron chi connectivity index (χ1n) is 7.07. The molecule has 0 unspecified atom stereocenters. The Kier molecular flexibility index (Phi) is 5.07. The van der Waals surface area contributed by atoms with Crippen molar-refractivity contribution in [1.29, 1.82) is 0 Å². The zero-order valence-corrected chi connectivity index (χ0v) is 14.1. The molecule has 0 fully saturated rings. The molecule has 0 aliphatic carbocycles. The van der Waals surface area contributed by atoms with Crippen LogP contribution < -0.4 is 10.0 Å². The highest BCUT2D eigenvalue weighted by Gasteiger charge is 2.30. The fourth-order valence-electron chi connectivity index (χ4n) is 2.07. The number of anilines is 2. The second-order valence-corrected chi connectivity index (χ2v) is 7.02. The molecule has 1 amide bonds. The summed E-state index contributed by atoms with van der Waals surface area (Å²) in [5.41, 5.74) is 0.147. The van der Waals surface area contributed by atoms with Crippen molar-refractivity contribution in [3.05, 3.63) is 53.6 Å². The van der Waals surface area contributed by atoms with E-state index in [-0.39, 0.29) is 16.5 Å². The van der Waals surface area contributed by atoms with Gasteiger partial charge in [-0.15, -0.1) is 0 Å². The zero-order chi connectivity index (χ0) is 18.8. The predicted octanol–water partition coefficient (Wildman–Crippen LogP) is 3.77. The third kappa shape index (κ3) is 4.72. The van der Waals surface area contributed by atoms with Crippen LogP contribution in [-0.4, -0.2) is 14.3 Å². The summed E-state index contributed by atoms with van der Waals surface area (Å²) >= 11 is 0. The van der Waals surface area contributed by atoms with E-state index < -0.39 is 21.8 Å². The van der Waals surface area contributed by atoms with Crippen molar-refractivity contribution >= 4 is 27.3 Å². The Morgan fingerprint density at radius 3 is 2.12 bits per heavy atom. The number of carbonyl (C=O) groups is 1. The van der Waals surface area contributed by atoms with Crippen LogP contribution in [0.2, 0.25) is 0 Å². The molecule has 9 heteroatoms.